The SMILES string of the molecule is Cc1ccc(Cc2c(N=C=O)cnn2C)cc1. The van der Waals surface area contributed by atoms with Gasteiger partial charge in [-0.2, -0.15) is 10.1 Å². The van der Waals surface area contributed by atoms with Crippen LogP contribution >= 0.6 is 0 Å². The highest BCUT2D eigenvalue weighted by Gasteiger charge is 2.08. The molecule has 1 aromatic carbocycles. The minimum Gasteiger partial charge on any atom is -0.270 e. The fourth-order valence-electron chi connectivity index (χ4n) is 1.70. The Morgan fingerprint density at radius 1 is 1.35 bits per heavy atom. The minimum atomic E-state index is 0.586. The molecule has 0 saturated carbocycles. The van der Waals surface area contributed by atoms with E-state index in [0.717, 1.165) is 5.69 Å². The second kappa shape index (κ2) is 4.76. The van der Waals surface area contributed by atoms with Gasteiger partial charge in [0.2, 0.25) is 6.08 Å². The van der Waals surface area contributed by atoms with E-state index in [1.807, 2.05) is 7.05 Å². The van der Waals surface area contributed by atoms with Crippen molar-refractivity contribution >= 4 is 11.8 Å². The van der Waals surface area contributed by atoms with E-state index in [9.17, 15) is 4.79 Å². The molecule has 0 amide bonds. The van der Waals surface area contributed by atoms with Crippen molar-refractivity contribution in [2.75, 3.05) is 0 Å². The summed E-state index contributed by atoms with van der Waals surface area (Å²) in [7, 11) is 1.84. The molecule has 4 nitrogen and oxygen atoms in total. The summed E-state index contributed by atoms with van der Waals surface area (Å²) < 4.78 is 1.73. The first-order chi connectivity index (χ1) is 8.20. The van der Waals surface area contributed by atoms with Crippen molar-refractivity contribution in [3.05, 3.63) is 47.3 Å². The highest BCUT2D eigenvalue weighted by Crippen LogP contribution is 2.20. The average Bonchev–Trinajstić information content (AvgIpc) is 2.65. The number of hydrogen-bond donors (Lipinski definition) is 0. The standard InChI is InChI=1S/C13H13N3O/c1-10-3-5-11(6-4-10)7-13-12(14-9-17)8-15-16(13)2/h3-6,8H,7H2,1-2H3. The number of rotatable bonds is 3. The highest BCUT2D eigenvalue weighted by atomic mass is 16.1. The van der Waals surface area contributed by atoms with Crippen LogP contribution in [0.2, 0.25) is 0 Å². The van der Waals surface area contributed by atoms with Gasteiger partial charge in [0, 0.05) is 13.5 Å². The number of carbonyl (C=O) groups excluding carboxylic acids is 1. The fourth-order valence-corrected chi connectivity index (χ4v) is 1.70. The van der Waals surface area contributed by atoms with Crippen LogP contribution < -0.4 is 0 Å². The largest absolute Gasteiger partial charge is 0.270 e. The second-order valence-corrected chi connectivity index (χ2v) is 3.97. The third kappa shape index (κ3) is 2.49. The van der Waals surface area contributed by atoms with Crippen LogP contribution in [0.4, 0.5) is 5.69 Å². The summed E-state index contributed by atoms with van der Waals surface area (Å²) in [5, 5.41) is 4.09. The van der Waals surface area contributed by atoms with Gasteiger partial charge in [0.05, 0.1) is 11.9 Å². The third-order valence-corrected chi connectivity index (χ3v) is 2.70. The molecular weight excluding hydrogens is 214 g/mol. The Morgan fingerprint density at radius 2 is 2.06 bits per heavy atom. The Kier molecular flexibility index (Phi) is 3.17. The van der Waals surface area contributed by atoms with Gasteiger partial charge >= 0.3 is 0 Å². The molecule has 0 fully saturated rings. The molecule has 0 aliphatic heterocycles. The molecule has 1 aromatic heterocycles. The number of hydrogen-bond acceptors (Lipinski definition) is 3. The molecule has 0 atom stereocenters. The fraction of sp³-hybridized carbons (Fsp3) is 0.231. The lowest BCUT2D eigenvalue weighted by Crippen LogP contribution is -1.99. The van der Waals surface area contributed by atoms with Crippen LogP contribution in [0.15, 0.2) is 35.5 Å². The lowest BCUT2D eigenvalue weighted by Gasteiger charge is -2.03. The molecule has 0 radical (unpaired) electrons. The predicted octanol–water partition coefficient (Wildman–Crippen LogP) is 2.29. The Bertz CT molecular complexity index is 563. The molecule has 2 rings (SSSR count). The molecule has 0 bridgehead atoms. The minimum absolute atomic E-state index is 0.586. The van der Waals surface area contributed by atoms with Crippen molar-refractivity contribution in [2.24, 2.45) is 12.0 Å². The third-order valence-electron chi connectivity index (χ3n) is 2.70. The lowest BCUT2D eigenvalue weighted by atomic mass is 10.1. The summed E-state index contributed by atoms with van der Waals surface area (Å²) >= 11 is 0. The Morgan fingerprint density at radius 3 is 2.71 bits per heavy atom. The van der Waals surface area contributed by atoms with Crippen molar-refractivity contribution in [2.45, 2.75) is 13.3 Å². The predicted molar refractivity (Wildman–Crippen MR) is 65.0 cm³/mol. The summed E-state index contributed by atoms with van der Waals surface area (Å²) in [5.74, 6) is 0. The normalized spacial score (nSPS) is 10.0. The van der Waals surface area contributed by atoms with Gasteiger partial charge in [-0.15, -0.1) is 0 Å². The van der Waals surface area contributed by atoms with E-state index < -0.39 is 0 Å². The molecule has 0 aliphatic rings. The van der Waals surface area contributed by atoms with Gasteiger partial charge < -0.3 is 0 Å². The first-order valence-corrected chi connectivity index (χ1v) is 5.35. The van der Waals surface area contributed by atoms with Gasteiger partial charge in [-0.05, 0) is 12.5 Å². The van der Waals surface area contributed by atoms with Crippen LogP contribution in [0.3, 0.4) is 0 Å². The van der Waals surface area contributed by atoms with Gasteiger partial charge in [-0.3, -0.25) is 4.68 Å². The first kappa shape index (κ1) is 11.3. The van der Waals surface area contributed by atoms with E-state index in [0.29, 0.717) is 12.1 Å². The zero-order valence-electron chi connectivity index (χ0n) is 9.84. The maximum absolute atomic E-state index is 10.3. The van der Waals surface area contributed by atoms with Crippen LogP contribution in [-0.2, 0) is 18.3 Å². The van der Waals surface area contributed by atoms with Crippen molar-refractivity contribution in [1.29, 1.82) is 0 Å². The summed E-state index contributed by atoms with van der Waals surface area (Å²) in [5.41, 5.74) is 3.90. The van der Waals surface area contributed by atoms with Gasteiger partial charge in [-0.25, -0.2) is 4.79 Å². The van der Waals surface area contributed by atoms with Crippen molar-refractivity contribution in [3.63, 3.8) is 0 Å². The van der Waals surface area contributed by atoms with Crippen molar-refractivity contribution in [3.8, 4) is 0 Å². The molecule has 0 aliphatic carbocycles. The molecule has 0 N–H and O–H groups in total. The maximum Gasteiger partial charge on any atom is 0.240 e. The number of aromatic nitrogens is 2. The molecule has 4 heteroatoms. The molecule has 17 heavy (non-hydrogen) atoms. The van der Waals surface area contributed by atoms with Crippen LogP contribution in [0, 0.1) is 6.92 Å². The van der Waals surface area contributed by atoms with Crippen LogP contribution in [0.5, 0.6) is 0 Å². The van der Waals surface area contributed by atoms with E-state index in [1.54, 1.807) is 17.0 Å². The average molecular weight is 227 g/mol. The van der Waals surface area contributed by atoms with E-state index >= 15 is 0 Å². The Labute approximate surface area is 99.6 Å². The molecule has 86 valence electrons. The van der Waals surface area contributed by atoms with Gasteiger partial charge in [0.15, 0.2) is 0 Å². The summed E-state index contributed by atoms with van der Waals surface area (Å²) in [4.78, 5) is 14.0. The van der Waals surface area contributed by atoms with Gasteiger partial charge in [0.1, 0.15) is 5.69 Å². The number of aryl methyl sites for hydroxylation is 2. The van der Waals surface area contributed by atoms with E-state index in [-0.39, 0.29) is 0 Å². The molecule has 0 saturated heterocycles. The van der Waals surface area contributed by atoms with Crippen molar-refractivity contribution in [1.82, 2.24) is 9.78 Å². The summed E-state index contributed by atoms with van der Waals surface area (Å²) in [6.07, 6.45) is 3.84. The van der Waals surface area contributed by atoms with Crippen LogP contribution in [0.1, 0.15) is 16.8 Å². The summed E-state index contributed by atoms with van der Waals surface area (Å²) in [6, 6.07) is 8.26. The summed E-state index contributed by atoms with van der Waals surface area (Å²) in [6.45, 7) is 2.05. The molecule has 2 aromatic rings. The zero-order valence-corrected chi connectivity index (χ0v) is 9.84. The van der Waals surface area contributed by atoms with E-state index in [4.69, 9.17) is 0 Å². The lowest BCUT2D eigenvalue weighted by molar-refractivity contribution is 0.565. The van der Waals surface area contributed by atoms with Crippen LogP contribution in [0.25, 0.3) is 0 Å². The number of nitrogens with zero attached hydrogens (tertiary/aromatic N) is 3. The first-order valence-electron chi connectivity index (χ1n) is 5.35. The maximum atomic E-state index is 10.3. The number of aliphatic imine (C=N–C) groups is 1. The zero-order chi connectivity index (χ0) is 12.3. The molecule has 0 spiro atoms. The Balaban J connectivity index is 2.32. The van der Waals surface area contributed by atoms with E-state index in [1.165, 1.54) is 11.1 Å². The molecular formula is C13H13N3O. The quantitative estimate of drug-likeness (QED) is 0.596. The number of benzene rings is 1. The highest BCUT2D eigenvalue weighted by molar-refractivity contribution is 5.51. The number of isocyanates is 1. The topological polar surface area (TPSA) is 47.2 Å². The van der Waals surface area contributed by atoms with Gasteiger partial charge in [-0.1, -0.05) is 29.8 Å². The monoisotopic (exact) mass is 227 g/mol. The Hall–Kier alpha value is -2.19. The smallest absolute Gasteiger partial charge is 0.240 e. The van der Waals surface area contributed by atoms with Crippen molar-refractivity contribution < 1.29 is 4.79 Å². The molecule has 1 heterocycles. The molecule has 0 unspecified atom stereocenters. The van der Waals surface area contributed by atoms with Crippen LogP contribution in [-0.4, -0.2) is 15.9 Å². The van der Waals surface area contributed by atoms with Gasteiger partial charge in [0.25, 0.3) is 0 Å². The second-order valence-electron chi connectivity index (χ2n) is 3.97. The van der Waals surface area contributed by atoms with E-state index in [2.05, 4.69) is 41.3 Å².